The maximum Gasteiger partial charge on any atom is 0.160 e. The van der Waals surface area contributed by atoms with Gasteiger partial charge in [-0.05, 0) is 19.8 Å². The Morgan fingerprint density at radius 3 is 2.94 bits per heavy atom. The summed E-state index contributed by atoms with van der Waals surface area (Å²) < 4.78 is 25.3. The molecule has 7 heteroatoms. The molecule has 2 heterocycles. The lowest BCUT2D eigenvalue weighted by molar-refractivity contribution is -0.118. The third-order valence-electron chi connectivity index (χ3n) is 3.27. The average molecular weight is 271 g/mol. The highest BCUT2D eigenvalue weighted by Crippen LogP contribution is 2.21. The number of hydrogen-bond donors (Lipinski definition) is 0. The number of carbonyl (C=O) groups is 1. The molecular formula is C11H17N3O3S. The molecule has 0 saturated carbocycles. The van der Waals surface area contributed by atoms with E-state index in [0.29, 0.717) is 25.2 Å². The van der Waals surface area contributed by atoms with Crippen molar-refractivity contribution in [1.82, 2.24) is 14.8 Å². The summed E-state index contributed by atoms with van der Waals surface area (Å²) in [6.45, 7) is 2.53. The molecule has 2 rings (SSSR count). The molecule has 0 bridgehead atoms. The lowest BCUT2D eigenvalue weighted by Crippen LogP contribution is -2.36. The van der Waals surface area contributed by atoms with Gasteiger partial charge >= 0.3 is 0 Å². The van der Waals surface area contributed by atoms with Crippen LogP contribution in [0, 0.1) is 0 Å². The van der Waals surface area contributed by atoms with E-state index in [9.17, 15) is 13.2 Å². The molecule has 1 atom stereocenters. The minimum absolute atomic E-state index is 0.0533. The van der Waals surface area contributed by atoms with Crippen molar-refractivity contribution in [3.05, 3.63) is 12.2 Å². The summed E-state index contributed by atoms with van der Waals surface area (Å²) in [6, 6.07) is 0. The zero-order chi connectivity index (χ0) is 13.2. The summed E-state index contributed by atoms with van der Waals surface area (Å²) in [7, 11) is -3.25. The number of nitrogens with zero attached hydrogens (tertiary/aromatic N) is 3. The van der Waals surface area contributed by atoms with Crippen LogP contribution >= 0.6 is 0 Å². The smallest absolute Gasteiger partial charge is 0.160 e. The number of aromatic nitrogens is 3. The van der Waals surface area contributed by atoms with Crippen molar-refractivity contribution in [1.29, 1.82) is 0 Å². The third kappa shape index (κ3) is 2.60. The number of rotatable bonds is 4. The molecular weight excluding hydrogens is 254 g/mol. The van der Waals surface area contributed by atoms with E-state index in [1.165, 1.54) is 6.33 Å². The summed E-state index contributed by atoms with van der Waals surface area (Å²) in [5.41, 5.74) is 0. The molecule has 0 amide bonds. The van der Waals surface area contributed by atoms with Gasteiger partial charge in [-0.1, -0.05) is 6.42 Å². The van der Waals surface area contributed by atoms with Gasteiger partial charge in [0.05, 0.1) is 12.2 Å². The first-order valence-electron chi connectivity index (χ1n) is 6.15. The van der Waals surface area contributed by atoms with Gasteiger partial charge in [0.2, 0.25) is 0 Å². The van der Waals surface area contributed by atoms with Crippen molar-refractivity contribution in [2.24, 2.45) is 0 Å². The SMILES string of the molecule is CCn1ncnc1CC(=O)C1CCCCS1(=O)=O. The van der Waals surface area contributed by atoms with E-state index in [1.807, 2.05) is 6.92 Å². The predicted octanol–water partition coefficient (Wildman–Crippen LogP) is 0.377. The zero-order valence-electron chi connectivity index (χ0n) is 10.4. The van der Waals surface area contributed by atoms with E-state index in [-0.39, 0.29) is 18.0 Å². The Balaban J connectivity index is 2.12. The minimum atomic E-state index is -3.25. The normalized spacial score (nSPS) is 22.8. The van der Waals surface area contributed by atoms with Gasteiger partial charge in [0.15, 0.2) is 15.6 Å². The fraction of sp³-hybridized carbons (Fsp3) is 0.727. The van der Waals surface area contributed by atoms with E-state index in [1.54, 1.807) is 4.68 Å². The highest BCUT2D eigenvalue weighted by molar-refractivity contribution is 7.92. The summed E-state index contributed by atoms with van der Waals surface area (Å²) in [6.07, 6.45) is 3.36. The van der Waals surface area contributed by atoms with Crippen LogP contribution in [0.15, 0.2) is 6.33 Å². The van der Waals surface area contributed by atoms with E-state index >= 15 is 0 Å². The Labute approximate surface area is 106 Å². The molecule has 1 aromatic rings. The molecule has 6 nitrogen and oxygen atoms in total. The molecule has 0 spiro atoms. The van der Waals surface area contributed by atoms with Crippen molar-refractivity contribution in [3.63, 3.8) is 0 Å². The van der Waals surface area contributed by atoms with Gasteiger partial charge in [-0.25, -0.2) is 18.1 Å². The lowest BCUT2D eigenvalue weighted by atomic mass is 10.1. The molecule has 1 unspecified atom stereocenters. The van der Waals surface area contributed by atoms with Gasteiger partial charge in [-0.3, -0.25) is 4.79 Å². The summed E-state index contributed by atoms with van der Waals surface area (Å²) in [4.78, 5) is 16.1. The quantitative estimate of drug-likeness (QED) is 0.790. The molecule has 18 heavy (non-hydrogen) atoms. The molecule has 1 fully saturated rings. The van der Waals surface area contributed by atoms with Crippen LogP contribution in [-0.2, 0) is 27.6 Å². The highest BCUT2D eigenvalue weighted by atomic mass is 32.2. The summed E-state index contributed by atoms with van der Waals surface area (Å²) in [5.74, 6) is 0.421. The fourth-order valence-corrected chi connectivity index (χ4v) is 4.18. The Bertz CT molecular complexity index is 535. The largest absolute Gasteiger partial charge is 0.298 e. The van der Waals surface area contributed by atoms with E-state index in [0.717, 1.165) is 6.42 Å². The van der Waals surface area contributed by atoms with Crippen LogP contribution in [-0.4, -0.2) is 40.0 Å². The first kappa shape index (κ1) is 13.2. The minimum Gasteiger partial charge on any atom is -0.298 e. The number of aryl methyl sites for hydroxylation is 1. The maximum atomic E-state index is 12.1. The van der Waals surface area contributed by atoms with Crippen molar-refractivity contribution in [2.45, 2.75) is 44.4 Å². The Morgan fingerprint density at radius 2 is 2.28 bits per heavy atom. The monoisotopic (exact) mass is 271 g/mol. The van der Waals surface area contributed by atoms with Gasteiger partial charge in [0.1, 0.15) is 17.4 Å². The molecule has 0 aliphatic carbocycles. The number of Topliss-reactive ketones (excluding diaryl/α,β-unsaturated/α-hetero) is 1. The molecule has 0 N–H and O–H groups in total. The van der Waals surface area contributed by atoms with Crippen LogP contribution in [0.2, 0.25) is 0 Å². The number of ketones is 1. The van der Waals surface area contributed by atoms with Crippen LogP contribution in [0.1, 0.15) is 32.0 Å². The van der Waals surface area contributed by atoms with Crippen LogP contribution in [0.3, 0.4) is 0 Å². The zero-order valence-corrected chi connectivity index (χ0v) is 11.2. The molecule has 1 aromatic heterocycles. The van der Waals surface area contributed by atoms with Gasteiger partial charge in [-0.2, -0.15) is 5.10 Å². The van der Waals surface area contributed by atoms with Gasteiger partial charge in [0.25, 0.3) is 0 Å². The molecule has 100 valence electrons. The molecule has 1 saturated heterocycles. The maximum absolute atomic E-state index is 12.1. The van der Waals surface area contributed by atoms with Gasteiger partial charge < -0.3 is 0 Å². The topological polar surface area (TPSA) is 81.9 Å². The van der Waals surface area contributed by atoms with Crippen molar-refractivity contribution in [2.75, 3.05) is 5.75 Å². The Morgan fingerprint density at radius 1 is 1.50 bits per heavy atom. The van der Waals surface area contributed by atoms with Crippen molar-refractivity contribution in [3.8, 4) is 0 Å². The van der Waals surface area contributed by atoms with Crippen LogP contribution in [0.25, 0.3) is 0 Å². The Kier molecular flexibility index (Phi) is 3.79. The number of hydrogen-bond acceptors (Lipinski definition) is 5. The molecule has 1 aliphatic rings. The second-order valence-corrected chi connectivity index (χ2v) is 6.79. The fourth-order valence-electron chi connectivity index (χ4n) is 2.27. The molecule has 0 radical (unpaired) electrons. The van der Waals surface area contributed by atoms with Crippen LogP contribution in [0.4, 0.5) is 0 Å². The average Bonchev–Trinajstić information content (AvgIpc) is 2.75. The first-order valence-corrected chi connectivity index (χ1v) is 7.87. The standard InChI is InChI=1S/C11H17N3O3S/c1-2-14-11(12-8-13-14)7-9(15)10-5-3-4-6-18(10,16)17/h8,10H,2-7H2,1H3. The predicted molar refractivity (Wildman–Crippen MR) is 65.8 cm³/mol. The van der Waals surface area contributed by atoms with E-state index in [4.69, 9.17) is 0 Å². The van der Waals surface area contributed by atoms with Gasteiger partial charge in [0, 0.05) is 6.54 Å². The summed E-state index contributed by atoms with van der Waals surface area (Å²) in [5, 5.41) is 3.13. The highest BCUT2D eigenvalue weighted by Gasteiger charge is 2.34. The van der Waals surface area contributed by atoms with Crippen molar-refractivity contribution < 1.29 is 13.2 Å². The van der Waals surface area contributed by atoms with Crippen molar-refractivity contribution >= 4 is 15.6 Å². The second kappa shape index (κ2) is 5.17. The first-order chi connectivity index (χ1) is 8.54. The van der Waals surface area contributed by atoms with Gasteiger partial charge in [-0.15, -0.1) is 0 Å². The molecule has 1 aliphatic heterocycles. The second-order valence-electron chi connectivity index (χ2n) is 4.49. The van der Waals surface area contributed by atoms with Crippen LogP contribution < -0.4 is 0 Å². The van der Waals surface area contributed by atoms with E-state index in [2.05, 4.69) is 10.1 Å². The summed E-state index contributed by atoms with van der Waals surface area (Å²) >= 11 is 0. The number of sulfone groups is 1. The third-order valence-corrected chi connectivity index (χ3v) is 5.49. The molecule has 0 aromatic carbocycles. The van der Waals surface area contributed by atoms with Crippen LogP contribution in [0.5, 0.6) is 0 Å². The number of carbonyl (C=O) groups excluding carboxylic acids is 1. The Hall–Kier alpha value is -1.24. The lowest BCUT2D eigenvalue weighted by Gasteiger charge is -2.20. The van der Waals surface area contributed by atoms with E-state index < -0.39 is 15.1 Å².